The first kappa shape index (κ1) is 19.0. The molecule has 0 aliphatic carbocycles. The first-order chi connectivity index (χ1) is 12.2. The molecule has 2 aromatic carbocycles. The van der Waals surface area contributed by atoms with E-state index in [1.54, 1.807) is 33.5 Å². The van der Waals surface area contributed by atoms with E-state index in [0.717, 1.165) is 11.3 Å². The van der Waals surface area contributed by atoms with Gasteiger partial charge in [-0.15, -0.1) is 11.8 Å². The van der Waals surface area contributed by atoms with Gasteiger partial charge in [0.1, 0.15) is 17.2 Å². The molecule has 5 nitrogen and oxygen atoms in total. The van der Waals surface area contributed by atoms with Gasteiger partial charge in [0.15, 0.2) is 0 Å². The largest absolute Gasteiger partial charge is 0.496 e. The van der Waals surface area contributed by atoms with Gasteiger partial charge in [0, 0.05) is 18.7 Å². The molecule has 0 saturated heterocycles. The smallest absolute Gasteiger partial charge is 0.230 e. The van der Waals surface area contributed by atoms with E-state index < -0.39 is 0 Å². The first-order valence-electron chi connectivity index (χ1n) is 7.91. The maximum Gasteiger partial charge on any atom is 0.230 e. The molecule has 0 fully saturated rings. The van der Waals surface area contributed by atoms with E-state index in [0.29, 0.717) is 23.8 Å². The van der Waals surface area contributed by atoms with E-state index in [1.807, 2.05) is 30.3 Å². The molecule has 134 valence electrons. The monoisotopic (exact) mass is 361 g/mol. The SMILES string of the molecule is COc1cc(OC)c(SCC(=O)NCCc2ccccc2)c(OC)c1. The van der Waals surface area contributed by atoms with Crippen molar-refractivity contribution in [1.29, 1.82) is 0 Å². The Bertz CT molecular complexity index is 666. The van der Waals surface area contributed by atoms with Crippen molar-refractivity contribution >= 4 is 17.7 Å². The summed E-state index contributed by atoms with van der Waals surface area (Å²) in [4.78, 5) is 12.9. The van der Waals surface area contributed by atoms with Gasteiger partial charge in [-0.25, -0.2) is 0 Å². The summed E-state index contributed by atoms with van der Waals surface area (Å²) in [5.41, 5.74) is 1.20. The van der Waals surface area contributed by atoms with E-state index in [-0.39, 0.29) is 11.7 Å². The highest BCUT2D eigenvalue weighted by Gasteiger charge is 2.15. The molecule has 0 aromatic heterocycles. The maximum absolute atomic E-state index is 12.1. The molecular weight excluding hydrogens is 338 g/mol. The first-order valence-corrected chi connectivity index (χ1v) is 8.90. The molecule has 2 aromatic rings. The van der Waals surface area contributed by atoms with Crippen molar-refractivity contribution in [3.05, 3.63) is 48.0 Å². The van der Waals surface area contributed by atoms with Crippen molar-refractivity contribution in [3.63, 3.8) is 0 Å². The number of hydrogen-bond donors (Lipinski definition) is 1. The van der Waals surface area contributed by atoms with Crippen molar-refractivity contribution in [3.8, 4) is 17.2 Å². The number of thioether (sulfide) groups is 1. The Labute approximate surface area is 152 Å². The zero-order valence-corrected chi connectivity index (χ0v) is 15.5. The van der Waals surface area contributed by atoms with E-state index in [2.05, 4.69) is 5.32 Å². The van der Waals surface area contributed by atoms with Crippen molar-refractivity contribution in [2.75, 3.05) is 33.6 Å². The van der Waals surface area contributed by atoms with Crippen LogP contribution in [0.25, 0.3) is 0 Å². The van der Waals surface area contributed by atoms with Gasteiger partial charge in [-0.2, -0.15) is 0 Å². The zero-order valence-electron chi connectivity index (χ0n) is 14.7. The average Bonchev–Trinajstić information content (AvgIpc) is 2.66. The number of rotatable bonds is 9. The van der Waals surface area contributed by atoms with Gasteiger partial charge >= 0.3 is 0 Å². The Hall–Kier alpha value is -2.34. The van der Waals surface area contributed by atoms with Gasteiger partial charge in [0.25, 0.3) is 0 Å². The number of carbonyl (C=O) groups excluding carboxylic acids is 1. The predicted molar refractivity (Wildman–Crippen MR) is 100.0 cm³/mol. The molecule has 6 heteroatoms. The average molecular weight is 361 g/mol. The number of nitrogens with one attached hydrogen (secondary N) is 1. The lowest BCUT2D eigenvalue weighted by molar-refractivity contribution is -0.118. The molecule has 0 aliphatic rings. The van der Waals surface area contributed by atoms with E-state index in [4.69, 9.17) is 14.2 Å². The third-order valence-corrected chi connectivity index (χ3v) is 4.69. The van der Waals surface area contributed by atoms with Gasteiger partial charge in [0.05, 0.1) is 32.0 Å². The van der Waals surface area contributed by atoms with Crippen LogP contribution in [-0.4, -0.2) is 39.5 Å². The fourth-order valence-corrected chi connectivity index (χ4v) is 3.24. The lowest BCUT2D eigenvalue weighted by Crippen LogP contribution is -2.27. The van der Waals surface area contributed by atoms with E-state index >= 15 is 0 Å². The van der Waals surface area contributed by atoms with E-state index in [1.165, 1.54) is 17.3 Å². The molecule has 2 rings (SSSR count). The van der Waals surface area contributed by atoms with Gasteiger partial charge in [0.2, 0.25) is 5.91 Å². The number of benzene rings is 2. The van der Waals surface area contributed by atoms with Crippen LogP contribution in [0.1, 0.15) is 5.56 Å². The number of carbonyl (C=O) groups is 1. The Morgan fingerprint density at radius 3 is 2.20 bits per heavy atom. The summed E-state index contributed by atoms with van der Waals surface area (Å²) >= 11 is 1.38. The Kier molecular flexibility index (Phi) is 7.47. The molecule has 0 unspecified atom stereocenters. The Morgan fingerprint density at radius 2 is 1.64 bits per heavy atom. The van der Waals surface area contributed by atoms with Crippen LogP contribution < -0.4 is 19.5 Å². The molecule has 0 bridgehead atoms. The quantitative estimate of drug-likeness (QED) is 0.695. The van der Waals surface area contributed by atoms with Crippen LogP contribution in [0.4, 0.5) is 0 Å². The minimum atomic E-state index is -0.0270. The van der Waals surface area contributed by atoms with E-state index in [9.17, 15) is 4.79 Å². The Morgan fingerprint density at radius 1 is 1.00 bits per heavy atom. The molecule has 0 saturated carbocycles. The number of hydrogen-bond acceptors (Lipinski definition) is 5. The van der Waals surface area contributed by atoms with Gasteiger partial charge in [-0.05, 0) is 12.0 Å². The molecule has 0 radical (unpaired) electrons. The zero-order chi connectivity index (χ0) is 18.1. The van der Waals surface area contributed by atoms with Gasteiger partial charge in [-0.1, -0.05) is 30.3 Å². The van der Waals surface area contributed by atoms with Gasteiger partial charge in [-0.3, -0.25) is 4.79 Å². The van der Waals surface area contributed by atoms with Crippen LogP contribution >= 0.6 is 11.8 Å². The highest BCUT2D eigenvalue weighted by Crippen LogP contribution is 2.41. The fourth-order valence-electron chi connectivity index (χ4n) is 2.30. The predicted octanol–water partition coefficient (Wildman–Crippen LogP) is 3.16. The lowest BCUT2D eigenvalue weighted by Gasteiger charge is -2.14. The van der Waals surface area contributed by atoms with Crippen LogP contribution in [0.2, 0.25) is 0 Å². The van der Waals surface area contributed by atoms with Crippen molar-refractivity contribution in [1.82, 2.24) is 5.32 Å². The highest BCUT2D eigenvalue weighted by atomic mass is 32.2. The minimum Gasteiger partial charge on any atom is -0.496 e. The summed E-state index contributed by atoms with van der Waals surface area (Å²) in [5.74, 6) is 2.15. The standard InChI is InChI=1S/C19H23NO4S/c1-22-15-11-16(23-2)19(17(12-15)24-3)25-13-18(21)20-10-9-14-7-5-4-6-8-14/h4-8,11-12H,9-10,13H2,1-3H3,(H,20,21). The fraction of sp³-hybridized carbons (Fsp3) is 0.316. The number of methoxy groups -OCH3 is 3. The topological polar surface area (TPSA) is 56.8 Å². The molecule has 1 amide bonds. The summed E-state index contributed by atoms with van der Waals surface area (Å²) in [6, 6.07) is 13.6. The number of amides is 1. The molecule has 0 atom stereocenters. The third-order valence-electron chi connectivity index (χ3n) is 3.60. The molecule has 0 aliphatic heterocycles. The second-order valence-electron chi connectivity index (χ2n) is 5.24. The molecule has 0 spiro atoms. The molecule has 25 heavy (non-hydrogen) atoms. The van der Waals surface area contributed by atoms with Crippen LogP contribution in [-0.2, 0) is 11.2 Å². The second kappa shape index (κ2) is 9.84. The molecular formula is C19H23NO4S. The van der Waals surface area contributed by atoms with Crippen LogP contribution in [0.15, 0.2) is 47.4 Å². The third kappa shape index (κ3) is 5.60. The van der Waals surface area contributed by atoms with Gasteiger partial charge < -0.3 is 19.5 Å². The molecule has 1 N–H and O–H groups in total. The van der Waals surface area contributed by atoms with Crippen LogP contribution in [0.5, 0.6) is 17.2 Å². The Balaban J connectivity index is 1.90. The summed E-state index contributed by atoms with van der Waals surface area (Å²) in [6.45, 7) is 0.611. The lowest BCUT2D eigenvalue weighted by atomic mass is 10.1. The normalized spacial score (nSPS) is 10.2. The maximum atomic E-state index is 12.1. The highest BCUT2D eigenvalue weighted by molar-refractivity contribution is 8.00. The summed E-state index contributed by atoms with van der Waals surface area (Å²) in [6.07, 6.45) is 0.812. The number of ether oxygens (including phenoxy) is 3. The molecule has 0 heterocycles. The minimum absolute atomic E-state index is 0.0270. The van der Waals surface area contributed by atoms with Crippen molar-refractivity contribution in [2.45, 2.75) is 11.3 Å². The van der Waals surface area contributed by atoms with Crippen molar-refractivity contribution < 1.29 is 19.0 Å². The van der Waals surface area contributed by atoms with Crippen LogP contribution in [0.3, 0.4) is 0 Å². The van der Waals surface area contributed by atoms with Crippen LogP contribution in [0, 0.1) is 0 Å². The van der Waals surface area contributed by atoms with Crippen molar-refractivity contribution in [2.24, 2.45) is 0 Å². The summed E-state index contributed by atoms with van der Waals surface area (Å²) in [7, 11) is 4.75. The summed E-state index contributed by atoms with van der Waals surface area (Å²) in [5, 5.41) is 2.93. The second-order valence-corrected chi connectivity index (χ2v) is 6.22. The summed E-state index contributed by atoms with van der Waals surface area (Å²) < 4.78 is 16.0.